The highest BCUT2D eigenvalue weighted by atomic mass is 79.9. The Labute approximate surface area is 150 Å². The Morgan fingerprint density at radius 3 is 2.62 bits per heavy atom. The van der Waals surface area contributed by atoms with Crippen LogP contribution in [0, 0.1) is 0 Å². The number of nitrogens with one attached hydrogen (secondary N) is 1. The van der Waals surface area contributed by atoms with Crippen LogP contribution in [-0.4, -0.2) is 27.8 Å². The van der Waals surface area contributed by atoms with E-state index in [1.165, 1.54) is 0 Å². The highest BCUT2D eigenvalue weighted by Gasteiger charge is 2.26. The molecule has 1 aliphatic carbocycles. The van der Waals surface area contributed by atoms with Crippen molar-refractivity contribution >= 4 is 21.8 Å². The summed E-state index contributed by atoms with van der Waals surface area (Å²) in [7, 11) is 0. The topological polar surface area (TPSA) is 72.9 Å². The highest BCUT2D eigenvalue weighted by Crippen LogP contribution is 2.27. The van der Waals surface area contributed by atoms with Gasteiger partial charge in [0.1, 0.15) is 0 Å². The zero-order valence-electron chi connectivity index (χ0n) is 14.1. The van der Waals surface area contributed by atoms with Gasteiger partial charge in [0.25, 0.3) is 5.91 Å². The summed E-state index contributed by atoms with van der Waals surface area (Å²) in [5, 5.41) is 7.56. The summed E-state index contributed by atoms with van der Waals surface area (Å²) in [6.45, 7) is 4.21. The average molecular weight is 391 g/mol. The van der Waals surface area contributed by atoms with E-state index in [-0.39, 0.29) is 5.91 Å². The number of fused-ring (bicyclic) bond motifs is 1. The van der Waals surface area contributed by atoms with Crippen molar-refractivity contribution in [1.82, 2.24) is 15.1 Å². The first kappa shape index (κ1) is 17.2. The van der Waals surface area contributed by atoms with Crippen molar-refractivity contribution in [2.45, 2.75) is 45.1 Å². The molecule has 0 aliphatic heterocycles. The molecule has 0 bridgehead atoms. The number of aromatic nitrogens is 2. The number of amides is 1. The number of hydrogen-bond donors (Lipinski definition) is 2. The largest absolute Gasteiger partial charge is 0.349 e. The standard InChI is InChI=1S/C18H23BrN4O/c1-18(2,20)11-21-17(24)16-14-5-3-4-6-15(14)23(22-16)13-9-7-12(19)8-10-13/h7-10H,3-6,11,20H2,1-2H3,(H,21,24). The zero-order chi connectivity index (χ0) is 17.3. The molecule has 0 unspecified atom stereocenters. The van der Waals surface area contributed by atoms with Gasteiger partial charge < -0.3 is 11.1 Å². The molecule has 0 fully saturated rings. The van der Waals surface area contributed by atoms with Gasteiger partial charge in [0.05, 0.1) is 5.69 Å². The molecule has 3 rings (SSSR count). The van der Waals surface area contributed by atoms with Gasteiger partial charge in [0, 0.05) is 27.8 Å². The van der Waals surface area contributed by atoms with Gasteiger partial charge in [-0.1, -0.05) is 15.9 Å². The van der Waals surface area contributed by atoms with E-state index in [2.05, 4.69) is 26.3 Å². The fourth-order valence-corrected chi connectivity index (χ4v) is 3.23. The SMILES string of the molecule is CC(C)(N)CNC(=O)c1nn(-c2ccc(Br)cc2)c2c1CCCC2. The van der Waals surface area contributed by atoms with Gasteiger partial charge in [-0.2, -0.15) is 5.10 Å². The van der Waals surface area contributed by atoms with E-state index in [1.54, 1.807) is 0 Å². The maximum absolute atomic E-state index is 12.6. The minimum Gasteiger partial charge on any atom is -0.349 e. The van der Waals surface area contributed by atoms with E-state index in [9.17, 15) is 4.79 Å². The van der Waals surface area contributed by atoms with Crippen LogP contribution in [0.3, 0.4) is 0 Å². The van der Waals surface area contributed by atoms with Crippen LogP contribution < -0.4 is 11.1 Å². The molecule has 1 aromatic carbocycles. The summed E-state index contributed by atoms with van der Waals surface area (Å²) in [5.74, 6) is -0.137. The molecule has 1 heterocycles. The van der Waals surface area contributed by atoms with E-state index < -0.39 is 5.54 Å². The Hall–Kier alpha value is -1.66. The molecule has 2 aromatic rings. The molecule has 0 radical (unpaired) electrons. The average Bonchev–Trinajstić information content (AvgIpc) is 2.92. The van der Waals surface area contributed by atoms with E-state index in [0.29, 0.717) is 12.2 Å². The maximum atomic E-state index is 12.6. The fraction of sp³-hybridized carbons (Fsp3) is 0.444. The molecular weight excluding hydrogens is 368 g/mol. The molecular formula is C18H23BrN4O. The number of hydrogen-bond acceptors (Lipinski definition) is 3. The minimum atomic E-state index is -0.440. The van der Waals surface area contributed by atoms with Crippen molar-refractivity contribution in [2.24, 2.45) is 5.73 Å². The summed E-state index contributed by atoms with van der Waals surface area (Å²) >= 11 is 3.45. The Morgan fingerprint density at radius 2 is 1.96 bits per heavy atom. The number of nitrogens with two attached hydrogens (primary N) is 1. The fourth-order valence-electron chi connectivity index (χ4n) is 2.97. The second-order valence-corrected chi connectivity index (χ2v) is 7.96. The zero-order valence-corrected chi connectivity index (χ0v) is 15.7. The summed E-state index contributed by atoms with van der Waals surface area (Å²) in [6.07, 6.45) is 4.09. The molecule has 5 nitrogen and oxygen atoms in total. The van der Waals surface area contributed by atoms with E-state index in [4.69, 9.17) is 5.73 Å². The summed E-state index contributed by atoms with van der Waals surface area (Å²) in [5.41, 5.74) is 9.28. The lowest BCUT2D eigenvalue weighted by atomic mass is 9.95. The summed E-state index contributed by atoms with van der Waals surface area (Å²) < 4.78 is 2.94. The van der Waals surface area contributed by atoms with E-state index in [0.717, 1.165) is 47.1 Å². The van der Waals surface area contributed by atoms with Crippen LogP contribution in [0.1, 0.15) is 48.4 Å². The summed E-state index contributed by atoms with van der Waals surface area (Å²) in [4.78, 5) is 12.6. The van der Waals surface area contributed by atoms with Crippen LogP contribution in [-0.2, 0) is 12.8 Å². The molecule has 0 atom stereocenters. The molecule has 24 heavy (non-hydrogen) atoms. The number of carbonyl (C=O) groups excluding carboxylic acids is 1. The van der Waals surface area contributed by atoms with Crippen molar-refractivity contribution in [3.63, 3.8) is 0 Å². The van der Waals surface area contributed by atoms with Crippen LogP contribution in [0.5, 0.6) is 0 Å². The van der Waals surface area contributed by atoms with E-state index in [1.807, 2.05) is 42.8 Å². The summed E-state index contributed by atoms with van der Waals surface area (Å²) in [6, 6.07) is 8.00. The predicted octanol–water partition coefficient (Wildman–Crippen LogP) is 2.98. The smallest absolute Gasteiger partial charge is 0.272 e. The van der Waals surface area contributed by atoms with Gasteiger partial charge in [-0.05, 0) is 63.8 Å². The molecule has 0 saturated carbocycles. The van der Waals surface area contributed by atoms with Crippen LogP contribution in [0.25, 0.3) is 5.69 Å². The number of rotatable bonds is 4. The minimum absolute atomic E-state index is 0.137. The second-order valence-electron chi connectivity index (χ2n) is 7.04. The number of nitrogens with zero attached hydrogens (tertiary/aromatic N) is 2. The molecule has 6 heteroatoms. The van der Waals surface area contributed by atoms with Crippen LogP contribution in [0.2, 0.25) is 0 Å². The Balaban J connectivity index is 1.95. The molecule has 0 saturated heterocycles. The molecule has 1 amide bonds. The quantitative estimate of drug-likeness (QED) is 0.842. The van der Waals surface area contributed by atoms with Crippen molar-refractivity contribution in [3.8, 4) is 5.69 Å². The number of halogens is 1. The highest BCUT2D eigenvalue weighted by molar-refractivity contribution is 9.10. The van der Waals surface area contributed by atoms with Crippen LogP contribution in [0.15, 0.2) is 28.7 Å². The third kappa shape index (κ3) is 3.70. The lowest BCUT2D eigenvalue weighted by Crippen LogP contribution is -2.45. The van der Waals surface area contributed by atoms with Gasteiger partial charge in [-0.15, -0.1) is 0 Å². The lowest BCUT2D eigenvalue weighted by molar-refractivity contribution is 0.0939. The number of carbonyl (C=O) groups is 1. The van der Waals surface area contributed by atoms with Gasteiger partial charge in [0.15, 0.2) is 5.69 Å². The Morgan fingerprint density at radius 1 is 1.29 bits per heavy atom. The van der Waals surface area contributed by atoms with Crippen molar-refractivity contribution in [2.75, 3.05) is 6.54 Å². The van der Waals surface area contributed by atoms with Crippen LogP contribution >= 0.6 is 15.9 Å². The predicted molar refractivity (Wildman–Crippen MR) is 98.5 cm³/mol. The van der Waals surface area contributed by atoms with Gasteiger partial charge in [0.2, 0.25) is 0 Å². The second kappa shape index (κ2) is 6.69. The van der Waals surface area contributed by atoms with Crippen molar-refractivity contribution < 1.29 is 4.79 Å². The molecule has 0 spiro atoms. The third-order valence-corrected chi connectivity index (χ3v) is 4.70. The molecule has 1 aliphatic rings. The monoisotopic (exact) mass is 390 g/mol. The molecule has 3 N–H and O–H groups in total. The van der Waals surface area contributed by atoms with Crippen molar-refractivity contribution in [1.29, 1.82) is 0 Å². The lowest BCUT2D eigenvalue weighted by Gasteiger charge is -2.19. The van der Waals surface area contributed by atoms with Crippen molar-refractivity contribution in [3.05, 3.63) is 45.7 Å². The maximum Gasteiger partial charge on any atom is 0.272 e. The first-order chi connectivity index (χ1) is 11.3. The van der Waals surface area contributed by atoms with Gasteiger partial charge in [-0.3, -0.25) is 4.79 Å². The normalized spacial score (nSPS) is 14.3. The third-order valence-electron chi connectivity index (χ3n) is 4.17. The van der Waals surface area contributed by atoms with Gasteiger partial charge in [-0.25, -0.2) is 4.68 Å². The molecule has 1 aromatic heterocycles. The Bertz CT molecular complexity index is 744. The van der Waals surface area contributed by atoms with E-state index >= 15 is 0 Å². The first-order valence-corrected chi connectivity index (χ1v) is 9.08. The van der Waals surface area contributed by atoms with Gasteiger partial charge >= 0.3 is 0 Å². The first-order valence-electron chi connectivity index (χ1n) is 8.29. The number of benzene rings is 1. The Kier molecular flexibility index (Phi) is 4.78. The molecule has 128 valence electrons. The van der Waals surface area contributed by atoms with Crippen LogP contribution in [0.4, 0.5) is 0 Å².